The van der Waals surface area contributed by atoms with Crippen molar-refractivity contribution in [2.24, 2.45) is 0 Å². The average molecular weight is 246 g/mol. The predicted molar refractivity (Wildman–Crippen MR) is 51.9 cm³/mol. The Balaban J connectivity index is 3.38. The van der Waals surface area contributed by atoms with E-state index in [0.29, 0.717) is 6.20 Å². The molecule has 0 unspecified atom stereocenters. The van der Waals surface area contributed by atoms with Crippen molar-refractivity contribution in [1.29, 1.82) is 0 Å². The lowest BCUT2D eigenvalue weighted by molar-refractivity contribution is -0.386. The fourth-order valence-electron chi connectivity index (χ4n) is 1.40. The Morgan fingerprint density at radius 3 is 2.65 bits per heavy atom. The number of rotatable bonds is 4. The van der Waals surface area contributed by atoms with Gasteiger partial charge in [0.1, 0.15) is 11.8 Å². The van der Waals surface area contributed by atoms with Crippen molar-refractivity contribution in [2.45, 2.75) is 19.8 Å². The molecule has 0 radical (unpaired) electrons. The van der Waals surface area contributed by atoms with Gasteiger partial charge in [-0.15, -0.1) is 0 Å². The third-order valence-corrected chi connectivity index (χ3v) is 2.19. The van der Waals surface area contributed by atoms with Crippen LogP contribution in [-0.4, -0.2) is 21.0 Å². The normalized spacial score (nSPS) is 10.6. The first-order valence-electron chi connectivity index (χ1n) is 4.47. The van der Waals surface area contributed by atoms with Gasteiger partial charge in [-0.2, -0.15) is 0 Å². The van der Waals surface area contributed by atoms with Crippen LogP contribution in [0.25, 0.3) is 0 Å². The van der Waals surface area contributed by atoms with E-state index in [1.807, 2.05) is 0 Å². The quantitative estimate of drug-likeness (QED) is 0.646. The molecule has 0 bridgehead atoms. The van der Waals surface area contributed by atoms with Gasteiger partial charge in [-0.05, 0) is 12.5 Å². The van der Waals surface area contributed by atoms with E-state index in [1.54, 1.807) is 0 Å². The van der Waals surface area contributed by atoms with Crippen LogP contribution in [0.1, 0.15) is 23.2 Å². The van der Waals surface area contributed by atoms with E-state index in [-0.39, 0.29) is 11.3 Å². The Labute approximate surface area is 94.1 Å². The number of alkyl halides is 2. The molecule has 1 heterocycles. The molecule has 0 aromatic carbocycles. The van der Waals surface area contributed by atoms with Gasteiger partial charge < -0.3 is 5.11 Å². The summed E-state index contributed by atoms with van der Waals surface area (Å²) in [5, 5.41) is 19.1. The molecule has 0 amide bonds. The summed E-state index contributed by atoms with van der Waals surface area (Å²) in [6.07, 6.45) is -2.94. The van der Waals surface area contributed by atoms with E-state index >= 15 is 0 Å². The van der Waals surface area contributed by atoms with Crippen LogP contribution in [0.3, 0.4) is 0 Å². The van der Waals surface area contributed by atoms with Crippen molar-refractivity contribution in [2.75, 3.05) is 0 Å². The van der Waals surface area contributed by atoms with Gasteiger partial charge in [0.05, 0.1) is 17.0 Å². The second-order valence-corrected chi connectivity index (χ2v) is 3.26. The SMILES string of the molecule is Cc1c(CC(=O)O)ncc([N+](=O)[O-])c1C(F)F. The standard InChI is InChI=1S/C9H8F2N2O4/c1-4-5(2-7(14)15)12-3-6(13(16)17)8(4)9(10)11/h3,9H,2H2,1H3,(H,14,15). The molecule has 0 spiro atoms. The van der Waals surface area contributed by atoms with Crippen LogP contribution >= 0.6 is 0 Å². The van der Waals surface area contributed by atoms with E-state index in [2.05, 4.69) is 4.98 Å². The Bertz CT molecular complexity index is 476. The molecule has 0 atom stereocenters. The maximum absolute atomic E-state index is 12.7. The maximum Gasteiger partial charge on any atom is 0.309 e. The minimum Gasteiger partial charge on any atom is -0.481 e. The molecule has 1 N–H and O–H groups in total. The zero-order valence-corrected chi connectivity index (χ0v) is 8.68. The van der Waals surface area contributed by atoms with Crippen molar-refractivity contribution in [3.8, 4) is 0 Å². The summed E-state index contributed by atoms with van der Waals surface area (Å²) in [5.41, 5.74) is -1.83. The van der Waals surface area contributed by atoms with E-state index in [9.17, 15) is 23.7 Å². The van der Waals surface area contributed by atoms with Gasteiger partial charge in [-0.25, -0.2) is 8.78 Å². The van der Waals surface area contributed by atoms with E-state index < -0.39 is 35.0 Å². The number of aliphatic carboxylic acids is 1. The van der Waals surface area contributed by atoms with Crippen molar-refractivity contribution in [3.05, 3.63) is 33.1 Å². The first kappa shape index (κ1) is 12.9. The molecule has 17 heavy (non-hydrogen) atoms. The highest BCUT2D eigenvalue weighted by atomic mass is 19.3. The number of carbonyl (C=O) groups is 1. The summed E-state index contributed by atoms with van der Waals surface area (Å²) >= 11 is 0. The third kappa shape index (κ3) is 2.71. The molecule has 1 aromatic heterocycles. The zero-order chi connectivity index (χ0) is 13.2. The summed E-state index contributed by atoms with van der Waals surface area (Å²) in [4.78, 5) is 23.5. The second-order valence-electron chi connectivity index (χ2n) is 3.26. The lowest BCUT2D eigenvalue weighted by Crippen LogP contribution is -2.09. The number of hydrogen-bond donors (Lipinski definition) is 1. The first-order chi connectivity index (χ1) is 7.84. The van der Waals surface area contributed by atoms with Crippen LogP contribution in [0, 0.1) is 17.0 Å². The van der Waals surface area contributed by atoms with Gasteiger partial charge in [0.15, 0.2) is 0 Å². The van der Waals surface area contributed by atoms with E-state index in [4.69, 9.17) is 5.11 Å². The van der Waals surface area contributed by atoms with Crippen molar-refractivity contribution in [1.82, 2.24) is 4.98 Å². The third-order valence-electron chi connectivity index (χ3n) is 2.19. The lowest BCUT2D eigenvalue weighted by atomic mass is 10.0. The van der Waals surface area contributed by atoms with E-state index in [1.165, 1.54) is 6.92 Å². The van der Waals surface area contributed by atoms with Gasteiger partial charge in [0.25, 0.3) is 12.1 Å². The van der Waals surface area contributed by atoms with Gasteiger partial charge in [0, 0.05) is 0 Å². The number of halogens is 2. The monoisotopic (exact) mass is 246 g/mol. The van der Waals surface area contributed by atoms with Gasteiger partial charge in [-0.1, -0.05) is 0 Å². The molecule has 8 heteroatoms. The van der Waals surface area contributed by atoms with Crippen molar-refractivity contribution < 1.29 is 23.6 Å². The number of carboxylic acid groups (broad SMARTS) is 1. The number of nitrogens with zero attached hydrogens (tertiary/aromatic N) is 2. The Morgan fingerprint density at radius 2 is 2.24 bits per heavy atom. The molecule has 1 rings (SSSR count). The Kier molecular flexibility index (Phi) is 3.66. The smallest absolute Gasteiger partial charge is 0.309 e. The van der Waals surface area contributed by atoms with Crippen LogP contribution in [0.15, 0.2) is 6.20 Å². The minimum atomic E-state index is -3.05. The van der Waals surface area contributed by atoms with Crippen molar-refractivity contribution in [3.63, 3.8) is 0 Å². The van der Waals surface area contributed by atoms with Crippen LogP contribution in [0.5, 0.6) is 0 Å². The molecule has 1 aromatic rings. The molecule has 0 aliphatic heterocycles. The zero-order valence-electron chi connectivity index (χ0n) is 8.68. The van der Waals surface area contributed by atoms with Crippen LogP contribution < -0.4 is 0 Å². The van der Waals surface area contributed by atoms with Crippen LogP contribution in [0.4, 0.5) is 14.5 Å². The molecule has 92 valence electrons. The summed E-state index contributed by atoms with van der Waals surface area (Å²) in [5.74, 6) is -1.24. The highest BCUT2D eigenvalue weighted by Gasteiger charge is 2.26. The summed E-state index contributed by atoms with van der Waals surface area (Å²) in [6.45, 7) is 1.19. The molecule has 0 aliphatic carbocycles. The van der Waals surface area contributed by atoms with Gasteiger partial charge >= 0.3 is 5.97 Å². The first-order valence-corrected chi connectivity index (χ1v) is 4.47. The van der Waals surface area contributed by atoms with E-state index in [0.717, 1.165) is 0 Å². The average Bonchev–Trinajstić information content (AvgIpc) is 2.19. The Morgan fingerprint density at radius 1 is 1.65 bits per heavy atom. The summed E-state index contributed by atoms with van der Waals surface area (Å²) in [7, 11) is 0. The second kappa shape index (κ2) is 4.81. The molecule has 6 nitrogen and oxygen atoms in total. The largest absolute Gasteiger partial charge is 0.481 e. The molecule has 0 saturated heterocycles. The molecule has 0 saturated carbocycles. The number of carboxylic acids is 1. The summed E-state index contributed by atoms with van der Waals surface area (Å²) < 4.78 is 25.4. The Hall–Kier alpha value is -2.12. The molecular formula is C9H8F2N2O4. The molecule has 0 aliphatic rings. The maximum atomic E-state index is 12.7. The topological polar surface area (TPSA) is 93.3 Å². The molecular weight excluding hydrogens is 238 g/mol. The number of pyridine rings is 1. The van der Waals surface area contributed by atoms with Gasteiger partial charge in [0.2, 0.25) is 0 Å². The predicted octanol–water partition coefficient (Wildman–Crippen LogP) is 1.86. The number of nitro groups is 1. The fraction of sp³-hybridized carbons (Fsp3) is 0.333. The van der Waals surface area contributed by atoms with Crippen LogP contribution in [0.2, 0.25) is 0 Å². The molecule has 0 fully saturated rings. The lowest BCUT2D eigenvalue weighted by Gasteiger charge is -2.08. The fourth-order valence-corrected chi connectivity index (χ4v) is 1.40. The number of aromatic nitrogens is 1. The highest BCUT2D eigenvalue weighted by molar-refractivity contribution is 5.70. The van der Waals surface area contributed by atoms with Crippen LogP contribution in [-0.2, 0) is 11.2 Å². The minimum absolute atomic E-state index is 0.0987. The van der Waals surface area contributed by atoms with Crippen molar-refractivity contribution >= 4 is 11.7 Å². The summed E-state index contributed by atoms with van der Waals surface area (Å²) in [6, 6.07) is 0. The number of hydrogen-bond acceptors (Lipinski definition) is 4. The highest BCUT2D eigenvalue weighted by Crippen LogP contribution is 2.32. The van der Waals surface area contributed by atoms with Gasteiger partial charge in [-0.3, -0.25) is 19.9 Å².